The lowest BCUT2D eigenvalue weighted by Crippen LogP contribution is -2.50. The summed E-state index contributed by atoms with van der Waals surface area (Å²) in [5, 5.41) is 2.98. The number of carbonyl (C=O) groups excluding carboxylic acids is 1. The number of hydrogen-bond acceptors (Lipinski definition) is 4. The minimum absolute atomic E-state index is 0.00750. The van der Waals surface area contributed by atoms with Crippen molar-refractivity contribution in [1.82, 2.24) is 9.21 Å². The van der Waals surface area contributed by atoms with Crippen LogP contribution in [0.2, 0.25) is 0 Å². The Morgan fingerprint density at radius 1 is 0.939 bits per heavy atom. The number of carbonyl (C=O) groups is 1. The highest BCUT2D eigenvalue weighted by molar-refractivity contribution is 7.89. The molecule has 0 atom stereocenters. The van der Waals surface area contributed by atoms with Crippen molar-refractivity contribution in [2.24, 2.45) is 0 Å². The molecule has 1 amide bonds. The molecule has 3 rings (SSSR count). The first-order chi connectivity index (χ1) is 15.6. The molecule has 1 saturated heterocycles. The van der Waals surface area contributed by atoms with Crippen molar-refractivity contribution in [3.63, 3.8) is 0 Å². The topological polar surface area (TPSA) is 69.7 Å². The van der Waals surface area contributed by atoms with Gasteiger partial charge in [-0.1, -0.05) is 44.2 Å². The lowest BCUT2D eigenvalue weighted by atomic mass is 10.0. The van der Waals surface area contributed by atoms with Crippen LogP contribution in [0.1, 0.15) is 30.5 Å². The first-order valence-electron chi connectivity index (χ1n) is 10.9. The molecule has 1 aliphatic heterocycles. The molecule has 2 aromatic rings. The molecule has 1 aliphatic rings. The van der Waals surface area contributed by atoms with Crippen molar-refractivity contribution < 1.29 is 26.4 Å². The average molecular weight is 484 g/mol. The van der Waals surface area contributed by atoms with Crippen LogP contribution in [0.3, 0.4) is 0 Å². The molecule has 0 spiro atoms. The maximum absolute atomic E-state index is 13.3. The van der Waals surface area contributed by atoms with Crippen LogP contribution < -0.4 is 5.32 Å². The third-order valence-electron chi connectivity index (χ3n) is 5.77. The predicted molar refractivity (Wildman–Crippen MR) is 120 cm³/mol. The number of nitrogens with one attached hydrogen (secondary N) is 1. The summed E-state index contributed by atoms with van der Waals surface area (Å²) in [6.45, 7) is 4.62. The van der Waals surface area contributed by atoms with E-state index in [1.165, 1.54) is 12.1 Å². The van der Waals surface area contributed by atoms with Crippen molar-refractivity contribution >= 4 is 21.6 Å². The van der Waals surface area contributed by atoms with E-state index in [1.807, 2.05) is 32.0 Å². The van der Waals surface area contributed by atoms with Gasteiger partial charge >= 0.3 is 6.18 Å². The maximum Gasteiger partial charge on any atom is 0.417 e. The number of piperazine rings is 1. The SMILES string of the molecule is CCc1cccc(CC)c1NC(=O)CN1CCN(S(=O)(=O)c2ccccc2C(F)(F)F)CC1. The lowest BCUT2D eigenvalue weighted by Gasteiger charge is -2.34. The normalized spacial score (nSPS) is 16.0. The number of halogens is 3. The van der Waals surface area contributed by atoms with Crippen molar-refractivity contribution in [3.05, 3.63) is 59.2 Å². The molecular weight excluding hydrogens is 455 g/mol. The molecule has 0 unspecified atom stereocenters. The second-order valence-corrected chi connectivity index (χ2v) is 9.79. The number of sulfonamides is 1. The number of alkyl halides is 3. The summed E-state index contributed by atoms with van der Waals surface area (Å²) in [4.78, 5) is 13.7. The first kappa shape index (κ1) is 25.2. The van der Waals surface area contributed by atoms with E-state index in [0.717, 1.165) is 46.1 Å². The number of para-hydroxylation sites is 1. The third-order valence-corrected chi connectivity index (χ3v) is 7.73. The van der Waals surface area contributed by atoms with E-state index in [9.17, 15) is 26.4 Å². The molecule has 33 heavy (non-hydrogen) atoms. The smallest absolute Gasteiger partial charge is 0.324 e. The van der Waals surface area contributed by atoms with Crippen LogP contribution in [0.25, 0.3) is 0 Å². The van der Waals surface area contributed by atoms with E-state index >= 15 is 0 Å². The van der Waals surface area contributed by atoms with Crippen molar-refractivity contribution in [2.45, 2.75) is 37.8 Å². The summed E-state index contributed by atoms with van der Waals surface area (Å²) in [7, 11) is -4.31. The van der Waals surface area contributed by atoms with Gasteiger partial charge in [0, 0.05) is 31.9 Å². The van der Waals surface area contributed by atoms with E-state index in [2.05, 4.69) is 5.32 Å². The van der Waals surface area contributed by atoms with Crippen LogP contribution in [-0.2, 0) is 33.8 Å². The van der Waals surface area contributed by atoms with Crippen molar-refractivity contribution in [2.75, 3.05) is 38.0 Å². The van der Waals surface area contributed by atoms with E-state index in [1.54, 1.807) is 4.90 Å². The van der Waals surface area contributed by atoms with Crippen LogP contribution in [0.4, 0.5) is 18.9 Å². The van der Waals surface area contributed by atoms with Gasteiger partial charge in [0.05, 0.1) is 17.0 Å². The van der Waals surface area contributed by atoms with Crippen molar-refractivity contribution in [3.8, 4) is 0 Å². The summed E-state index contributed by atoms with van der Waals surface area (Å²) in [6.07, 6.45) is -3.21. The molecule has 10 heteroatoms. The molecule has 1 heterocycles. The largest absolute Gasteiger partial charge is 0.417 e. The minimum atomic E-state index is -4.77. The minimum Gasteiger partial charge on any atom is -0.324 e. The fourth-order valence-corrected chi connectivity index (χ4v) is 5.61. The quantitative estimate of drug-likeness (QED) is 0.651. The molecule has 0 aliphatic carbocycles. The van der Waals surface area contributed by atoms with Gasteiger partial charge in [-0.3, -0.25) is 9.69 Å². The van der Waals surface area contributed by atoms with Gasteiger partial charge in [-0.05, 0) is 36.1 Å². The van der Waals surface area contributed by atoms with Gasteiger partial charge in [-0.15, -0.1) is 0 Å². The zero-order chi connectivity index (χ0) is 24.2. The highest BCUT2D eigenvalue weighted by Crippen LogP contribution is 2.35. The number of nitrogens with zero attached hydrogens (tertiary/aromatic N) is 2. The molecule has 0 saturated carbocycles. The summed E-state index contributed by atoms with van der Waals surface area (Å²) in [6, 6.07) is 10.1. The van der Waals surface area contributed by atoms with Gasteiger partial charge in [-0.25, -0.2) is 8.42 Å². The van der Waals surface area contributed by atoms with Gasteiger partial charge in [0.2, 0.25) is 15.9 Å². The van der Waals surface area contributed by atoms with Crippen molar-refractivity contribution in [1.29, 1.82) is 0 Å². The van der Waals surface area contributed by atoms with Gasteiger partial charge in [-0.2, -0.15) is 17.5 Å². The maximum atomic E-state index is 13.3. The fourth-order valence-electron chi connectivity index (χ4n) is 3.98. The number of aryl methyl sites for hydroxylation is 2. The second kappa shape index (κ2) is 10.2. The zero-order valence-electron chi connectivity index (χ0n) is 18.7. The Kier molecular flexibility index (Phi) is 7.81. The predicted octanol–water partition coefficient (Wildman–Crippen LogP) is 3.78. The summed E-state index contributed by atoms with van der Waals surface area (Å²) in [5.74, 6) is -0.204. The first-order valence-corrected chi connectivity index (χ1v) is 12.3. The molecule has 2 aromatic carbocycles. The Morgan fingerprint density at radius 2 is 1.52 bits per heavy atom. The number of hydrogen-bond donors (Lipinski definition) is 1. The standard InChI is InChI=1S/C23H28F3N3O3S/c1-3-17-8-7-9-18(4-2)22(17)27-21(30)16-28-12-14-29(15-13-28)33(31,32)20-11-6-5-10-19(20)23(24,25)26/h5-11H,3-4,12-16H2,1-2H3,(H,27,30). The third kappa shape index (κ3) is 5.74. The molecule has 6 nitrogen and oxygen atoms in total. The van der Waals surface area contributed by atoms with E-state index in [4.69, 9.17) is 0 Å². The highest BCUT2D eigenvalue weighted by atomic mass is 32.2. The Morgan fingerprint density at radius 3 is 2.06 bits per heavy atom. The van der Waals surface area contributed by atoms with Crippen LogP contribution >= 0.6 is 0 Å². The molecule has 0 bridgehead atoms. The van der Waals surface area contributed by atoms with E-state index in [-0.39, 0.29) is 38.6 Å². The Hall–Kier alpha value is -2.43. The molecule has 1 N–H and O–H groups in total. The Labute approximate surface area is 192 Å². The number of anilines is 1. The average Bonchev–Trinajstić information content (AvgIpc) is 2.79. The van der Waals surface area contributed by atoms with E-state index in [0.29, 0.717) is 0 Å². The number of amides is 1. The number of benzene rings is 2. The van der Waals surface area contributed by atoms with Crippen LogP contribution in [0.5, 0.6) is 0 Å². The number of rotatable bonds is 7. The molecule has 0 radical (unpaired) electrons. The van der Waals surface area contributed by atoms with Gasteiger partial charge in [0.15, 0.2) is 0 Å². The van der Waals surface area contributed by atoms with E-state index < -0.39 is 26.7 Å². The van der Waals surface area contributed by atoms with Crippen LogP contribution in [0, 0.1) is 0 Å². The monoisotopic (exact) mass is 483 g/mol. The van der Waals surface area contributed by atoms with Gasteiger partial charge < -0.3 is 5.32 Å². The van der Waals surface area contributed by atoms with Gasteiger partial charge in [0.1, 0.15) is 0 Å². The fraction of sp³-hybridized carbons (Fsp3) is 0.435. The Bertz CT molecular complexity index is 1070. The van der Waals surface area contributed by atoms with Gasteiger partial charge in [0.25, 0.3) is 0 Å². The van der Waals surface area contributed by atoms with Crippen LogP contribution in [-0.4, -0.2) is 56.3 Å². The lowest BCUT2D eigenvalue weighted by molar-refractivity contribution is -0.140. The molecular formula is C23H28F3N3O3S. The zero-order valence-corrected chi connectivity index (χ0v) is 19.5. The summed E-state index contributed by atoms with van der Waals surface area (Å²) in [5.41, 5.74) is 1.73. The molecule has 0 aromatic heterocycles. The molecule has 1 fully saturated rings. The van der Waals surface area contributed by atoms with Crippen LogP contribution in [0.15, 0.2) is 47.4 Å². The Balaban J connectivity index is 1.65. The molecule has 180 valence electrons. The summed E-state index contributed by atoms with van der Waals surface area (Å²) < 4.78 is 66.7. The highest BCUT2D eigenvalue weighted by Gasteiger charge is 2.39. The summed E-state index contributed by atoms with van der Waals surface area (Å²) >= 11 is 0. The second-order valence-electron chi connectivity index (χ2n) is 7.88.